The van der Waals surface area contributed by atoms with Crippen molar-refractivity contribution in [2.75, 3.05) is 7.11 Å². The molecule has 3 aromatic rings. The molecule has 0 spiro atoms. The SMILES string of the molecule is COc1cccc(COc2ccc3[nH]ccc3c2)c1. The fraction of sp³-hybridized carbons (Fsp3) is 0.125. The molecule has 0 aliphatic heterocycles. The molecule has 0 bridgehead atoms. The first-order valence-electron chi connectivity index (χ1n) is 6.18. The number of methoxy groups -OCH3 is 1. The quantitative estimate of drug-likeness (QED) is 0.768. The van der Waals surface area contributed by atoms with E-state index in [1.807, 2.05) is 54.7 Å². The maximum atomic E-state index is 5.80. The Morgan fingerprint density at radius 1 is 1.00 bits per heavy atom. The molecular weight excluding hydrogens is 238 g/mol. The summed E-state index contributed by atoms with van der Waals surface area (Å²) in [5.74, 6) is 1.72. The normalized spacial score (nSPS) is 10.6. The van der Waals surface area contributed by atoms with Crippen LogP contribution in [0, 0.1) is 0 Å². The molecule has 0 amide bonds. The number of fused-ring (bicyclic) bond motifs is 1. The third-order valence-corrected chi connectivity index (χ3v) is 3.06. The van der Waals surface area contributed by atoms with Gasteiger partial charge >= 0.3 is 0 Å². The highest BCUT2D eigenvalue weighted by Gasteiger charge is 2.00. The second-order valence-corrected chi connectivity index (χ2v) is 4.37. The van der Waals surface area contributed by atoms with E-state index in [4.69, 9.17) is 9.47 Å². The number of aromatic amines is 1. The van der Waals surface area contributed by atoms with Gasteiger partial charge in [0.05, 0.1) is 7.11 Å². The van der Waals surface area contributed by atoms with Gasteiger partial charge in [-0.1, -0.05) is 12.1 Å². The number of ether oxygens (including phenoxy) is 2. The zero-order chi connectivity index (χ0) is 13.1. The Labute approximate surface area is 111 Å². The lowest BCUT2D eigenvalue weighted by atomic mass is 10.2. The van der Waals surface area contributed by atoms with E-state index in [1.54, 1.807) is 7.11 Å². The molecule has 2 aromatic carbocycles. The van der Waals surface area contributed by atoms with Gasteiger partial charge in [0.25, 0.3) is 0 Å². The number of nitrogens with one attached hydrogen (secondary N) is 1. The minimum Gasteiger partial charge on any atom is -0.497 e. The topological polar surface area (TPSA) is 34.2 Å². The summed E-state index contributed by atoms with van der Waals surface area (Å²) in [5.41, 5.74) is 2.21. The Bertz CT molecular complexity index is 688. The smallest absolute Gasteiger partial charge is 0.120 e. The molecule has 0 aliphatic rings. The summed E-state index contributed by atoms with van der Waals surface area (Å²) in [4.78, 5) is 3.16. The van der Waals surface area contributed by atoms with Crippen LogP contribution < -0.4 is 9.47 Å². The second-order valence-electron chi connectivity index (χ2n) is 4.37. The molecule has 0 fully saturated rings. The van der Waals surface area contributed by atoms with Gasteiger partial charge in [-0.15, -0.1) is 0 Å². The molecule has 3 heteroatoms. The molecule has 19 heavy (non-hydrogen) atoms. The standard InChI is InChI=1S/C16H15NO2/c1-18-14-4-2-3-12(9-14)11-19-15-5-6-16-13(10-15)7-8-17-16/h2-10,17H,11H2,1H3. The molecule has 3 nitrogen and oxygen atoms in total. The van der Waals surface area contributed by atoms with Crippen LogP contribution >= 0.6 is 0 Å². The fourth-order valence-electron chi connectivity index (χ4n) is 2.05. The highest BCUT2D eigenvalue weighted by molar-refractivity contribution is 5.80. The highest BCUT2D eigenvalue weighted by atomic mass is 16.5. The lowest BCUT2D eigenvalue weighted by Crippen LogP contribution is -1.95. The average molecular weight is 253 g/mol. The van der Waals surface area contributed by atoms with E-state index in [-0.39, 0.29) is 0 Å². The maximum Gasteiger partial charge on any atom is 0.120 e. The van der Waals surface area contributed by atoms with Crippen molar-refractivity contribution in [1.82, 2.24) is 4.98 Å². The van der Waals surface area contributed by atoms with Crippen molar-refractivity contribution in [1.29, 1.82) is 0 Å². The molecule has 3 rings (SSSR count). The van der Waals surface area contributed by atoms with E-state index in [0.717, 1.165) is 28.0 Å². The molecule has 0 aliphatic carbocycles. The van der Waals surface area contributed by atoms with Crippen LogP contribution in [0.3, 0.4) is 0 Å². The van der Waals surface area contributed by atoms with Crippen LogP contribution in [0.5, 0.6) is 11.5 Å². The number of H-pyrrole nitrogens is 1. The highest BCUT2D eigenvalue weighted by Crippen LogP contribution is 2.21. The molecule has 96 valence electrons. The minimum absolute atomic E-state index is 0.535. The van der Waals surface area contributed by atoms with Gasteiger partial charge in [0.1, 0.15) is 18.1 Å². The Morgan fingerprint density at radius 3 is 2.84 bits per heavy atom. The lowest BCUT2D eigenvalue weighted by Gasteiger charge is -2.07. The number of benzene rings is 2. The Hall–Kier alpha value is -2.42. The summed E-state index contributed by atoms with van der Waals surface area (Å²) in [6.07, 6.45) is 1.93. The third-order valence-electron chi connectivity index (χ3n) is 3.06. The molecule has 1 aromatic heterocycles. The average Bonchev–Trinajstić information content (AvgIpc) is 2.93. The van der Waals surface area contributed by atoms with Crippen molar-refractivity contribution in [2.45, 2.75) is 6.61 Å². The van der Waals surface area contributed by atoms with Crippen molar-refractivity contribution in [3.05, 3.63) is 60.3 Å². The number of aromatic nitrogens is 1. The number of hydrogen-bond donors (Lipinski definition) is 1. The molecular formula is C16H15NO2. The van der Waals surface area contributed by atoms with Crippen LogP contribution in [0.25, 0.3) is 10.9 Å². The summed E-state index contributed by atoms with van der Waals surface area (Å²) < 4.78 is 11.0. The van der Waals surface area contributed by atoms with Gasteiger partial charge in [-0.3, -0.25) is 0 Å². The van der Waals surface area contributed by atoms with E-state index in [1.165, 1.54) is 0 Å². The largest absolute Gasteiger partial charge is 0.497 e. The Kier molecular flexibility index (Phi) is 3.11. The summed E-state index contributed by atoms with van der Waals surface area (Å²) in [6.45, 7) is 0.535. The van der Waals surface area contributed by atoms with Gasteiger partial charge in [-0.05, 0) is 42.0 Å². The van der Waals surface area contributed by atoms with Crippen molar-refractivity contribution in [2.24, 2.45) is 0 Å². The minimum atomic E-state index is 0.535. The first kappa shape index (κ1) is 11.7. The van der Waals surface area contributed by atoms with Gasteiger partial charge in [0.2, 0.25) is 0 Å². The summed E-state index contributed by atoms with van der Waals surface area (Å²) in [5, 5.41) is 1.16. The zero-order valence-electron chi connectivity index (χ0n) is 10.7. The van der Waals surface area contributed by atoms with Crippen LogP contribution in [0.1, 0.15) is 5.56 Å². The van der Waals surface area contributed by atoms with Crippen LogP contribution in [-0.2, 0) is 6.61 Å². The van der Waals surface area contributed by atoms with Gasteiger partial charge < -0.3 is 14.5 Å². The van der Waals surface area contributed by atoms with Crippen LogP contribution in [0.15, 0.2) is 54.7 Å². The van der Waals surface area contributed by atoms with Crippen molar-refractivity contribution >= 4 is 10.9 Å². The first-order valence-corrected chi connectivity index (χ1v) is 6.18. The molecule has 0 radical (unpaired) electrons. The van der Waals surface area contributed by atoms with E-state index in [0.29, 0.717) is 6.61 Å². The van der Waals surface area contributed by atoms with Crippen LogP contribution in [0.4, 0.5) is 0 Å². The van der Waals surface area contributed by atoms with Gasteiger partial charge in [0.15, 0.2) is 0 Å². The first-order chi connectivity index (χ1) is 9.35. The van der Waals surface area contributed by atoms with Gasteiger partial charge in [-0.2, -0.15) is 0 Å². The Morgan fingerprint density at radius 2 is 1.95 bits per heavy atom. The molecule has 0 saturated carbocycles. The maximum absolute atomic E-state index is 5.80. The van der Waals surface area contributed by atoms with Crippen LogP contribution in [0.2, 0.25) is 0 Å². The number of hydrogen-bond acceptors (Lipinski definition) is 2. The predicted molar refractivity (Wildman–Crippen MR) is 75.6 cm³/mol. The van der Waals surface area contributed by atoms with Crippen LogP contribution in [-0.4, -0.2) is 12.1 Å². The summed E-state index contributed by atoms with van der Waals surface area (Å²) in [6, 6.07) is 16.0. The fourth-order valence-corrected chi connectivity index (χ4v) is 2.05. The molecule has 0 atom stereocenters. The molecule has 1 heterocycles. The molecule has 0 unspecified atom stereocenters. The second kappa shape index (κ2) is 5.06. The third kappa shape index (κ3) is 2.55. The summed E-state index contributed by atoms with van der Waals surface area (Å²) in [7, 11) is 1.67. The summed E-state index contributed by atoms with van der Waals surface area (Å²) >= 11 is 0. The van der Waals surface area contributed by atoms with E-state index in [9.17, 15) is 0 Å². The van der Waals surface area contributed by atoms with E-state index >= 15 is 0 Å². The molecule has 0 saturated heterocycles. The lowest BCUT2D eigenvalue weighted by molar-refractivity contribution is 0.305. The predicted octanol–water partition coefficient (Wildman–Crippen LogP) is 3.76. The van der Waals surface area contributed by atoms with Crippen molar-refractivity contribution in [3.8, 4) is 11.5 Å². The van der Waals surface area contributed by atoms with Gasteiger partial charge in [0, 0.05) is 17.1 Å². The van der Waals surface area contributed by atoms with Gasteiger partial charge in [-0.25, -0.2) is 0 Å². The van der Waals surface area contributed by atoms with Crippen molar-refractivity contribution in [3.63, 3.8) is 0 Å². The van der Waals surface area contributed by atoms with E-state index < -0.39 is 0 Å². The van der Waals surface area contributed by atoms with E-state index in [2.05, 4.69) is 4.98 Å². The van der Waals surface area contributed by atoms with Crippen molar-refractivity contribution < 1.29 is 9.47 Å². The number of rotatable bonds is 4. The molecule has 1 N–H and O–H groups in total. The monoisotopic (exact) mass is 253 g/mol. The Balaban J connectivity index is 1.74. The zero-order valence-corrected chi connectivity index (χ0v) is 10.7.